The molecule has 26 nitrogen and oxygen atoms in total. The predicted octanol–water partition coefficient (Wildman–Crippen LogP) is -3.49. The molecule has 0 saturated heterocycles. The van der Waals surface area contributed by atoms with Gasteiger partial charge in [-0.25, -0.2) is 0 Å². The van der Waals surface area contributed by atoms with Crippen LogP contribution >= 0.6 is 0 Å². The lowest BCUT2D eigenvalue weighted by Gasteiger charge is -2.30. The molecular formula is C43H93N7O19. The van der Waals surface area contributed by atoms with E-state index >= 15 is 0 Å². The highest BCUT2D eigenvalue weighted by Gasteiger charge is 2.22. The number of nitrogens with two attached hydrogens (primary N) is 4. The molecule has 0 spiro atoms. The summed E-state index contributed by atoms with van der Waals surface area (Å²) in [6.07, 6.45) is -4.07. The first kappa shape index (κ1) is 79.0. The summed E-state index contributed by atoms with van der Waals surface area (Å²) in [5.41, 5.74) is 17.9. The number of primary amides is 4. The molecule has 9 unspecified atom stereocenters. The van der Waals surface area contributed by atoms with Crippen LogP contribution in [0.3, 0.4) is 0 Å². The Morgan fingerprint density at radius 2 is 0.667 bits per heavy atom. The standard InChI is InChI=1S/C20H41NO9.C12H25NO5.C3H7NO.4C2H5NO/c1-14(24)10-27-16(3)12-29-19(8-22)6-21(18(5)26)7-20(9-23)30-13-17(4)28-11-15(2)25;1-9(15)7-17-10(2)8-18-12(6-14)5-13(4)11(3)16;1-3(5)4-2;4*1-2(3)4/h14-17,19-20,22-25H,6-13H2,1-5H3;9-10,12,14-15H,5-8H2,1-4H3;1-2H3,(H,4,5);4*1H3,(H2,3,4). The van der Waals surface area contributed by atoms with Crippen LogP contribution in [0.2, 0.25) is 0 Å². The van der Waals surface area contributed by atoms with Gasteiger partial charge in [0.15, 0.2) is 0 Å². The van der Waals surface area contributed by atoms with E-state index in [9.17, 15) is 54.0 Å². The third-order valence-electron chi connectivity index (χ3n) is 6.84. The SMILES string of the molecule is CC(=O)N(C)CC(CO)OCC(C)OCC(C)O.CC(=O)N(CC(CO)OCC(C)OCC(C)O)CC(CO)OCC(C)OCC(C)O.CC(N)=O.CC(N)=O.CC(N)=O.CC(N)=O.CNC(C)=O. The quantitative estimate of drug-likeness (QED) is 0.0380. The topological polar surface area (TPSA) is 419 Å². The summed E-state index contributed by atoms with van der Waals surface area (Å²) in [5.74, 6) is -1.64. The lowest BCUT2D eigenvalue weighted by atomic mass is 10.2. The Balaban J connectivity index is -0.000000164. The number of nitrogens with zero attached hydrogens (tertiary/aromatic N) is 2. The second-order valence-electron chi connectivity index (χ2n) is 15.5. The van der Waals surface area contributed by atoms with Gasteiger partial charge in [0.2, 0.25) is 41.4 Å². The summed E-state index contributed by atoms with van der Waals surface area (Å²) in [7, 11) is 3.25. The minimum Gasteiger partial charge on any atom is -0.394 e. The van der Waals surface area contributed by atoms with E-state index in [0.717, 1.165) is 0 Å². The fourth-order valence-corrected chi connectivity index (χ4v) is 3.62. The van der Waals surface area contributed by atoms with Gasteiger partial charge in [-0.3, -0.25) is 33.6 Å². The monoisotopic (exact) mass is 1010 g/mol. The van der Waals surface area contributed by atoms with Crippen LogP contribution in [0.4, 0.5) is 0 Å². The van der Waals surface area contributed by atoms with Crippen LogP contribution in [0, 0.1) is 0 Å². The van der Waals surface area contributed by atoms with E-state index in [2.05, 4.69) is 28.3 Å². The molecule has 69 heavy (non-hydrogen) atoms. The van der Waals surface area contributed by atoms with Crippen molar-refractivity contribution in [2.24, 2.45) is 22.9 Å². The molecular weight excluding hydrogens is 919 g/mol. The molecule has 0 fully saturated rings. The van der Waals surface area contributed by atoms with E-state index < -0.39 is 36.6 Å². The molecule has 0 aromatic carbocycles. The molecule has 0 aliphatic rings. The predicted molar refractivity (Wildman–Crippen MR) is 257 cm³/mol. The van der Waals surface area contributed by atoms with Gasteiger partial charge in [-0.05, 0) is 41.5 Å². The third-order valence-corrected chi connectivity index (χ3v) is 6.84. The van der Waals surface area contributed by atoms with Crippen molar-refractivity contribution in [3.63, 3.8) is 0 Å². The maximum atomic E-state index is 12.0. The molecule has 0 rings (SSSR count). The molecule has 0 aromatic rings. The van der Waals surface area contributed by atoms with Crippen LogP contribution in [0.1, 0.15) is 90.0 Å². The van der Waals surface area contributed by atoms with Crippen molar-refractivity contribution in [2.45, 2.75) is 145 Å². The fourth-order valence-electron chi connectivity index (χ4n) is 3.62. The maximum Gasteiger partial charge on any atom is 0.219 e. The largest absolute Gasteiger partial charge is 0.394 e. The van der Waals surface area contributed by atoms with Crippen molar-refractivity contribution in [2.75, 3.05) is 93.2 Å². The smallest absolute Gasteiger partial charge is 0.219 e. The molecule has 0 radical (unpaired) electrons. The fraction of sp³-hybridized carbons (Fsp3) is 0.837. The normalized spacial score (nSPS) is 13.9. The molecule has 0 aromatic heterocycles. The number of aliphatic hydroxyl groups excluding tert-OH is 6. The number of aliphatic hydroxyl groups is 6. The van der Waals surface area contributed by atoms with Crippen molar-refractivity contribution >= 4 is 41.4 Å². The minimum absolute atomic E-state index is 0.00463. The van der Waals surface area contributed by atoms with Gasteiger partial charge in [0.05, 0.1) is 114 Å². The number of nitrogens with one attached hydrogen (secondary N) is 1. The summed E-state index contributed by atoms with van der Waals surface area (Å²) in [4.78, 5) is 72.6. The molecule has 0 aliphatic carbocycles. The highest BCUT2D eigenvalue weighted by molar-refractivity contribution is 5.74. The summed E-state index contributed by atoms with van der Waals surface area (Å²) in [6.45, 7) is 21.0. The molecule has 7 amide bonds. The molecule has 26 heteroatoms. The van der Waals surface area contributed by atoms with E-state index in [1.54, 1.807) is 48.7 Å². The first-order valence-corrected chi connectivity index (χ1v) is 21.9. The van der Waals surface area contributed by atoms with Gasteiger partial charge in [-0.15, -0.1) is 0 Å². The van der Waals surface area contributed by atoms with E-state index in [1.165, 1.54) is 58.3 Å². The van der Waals surface area contributed by atoms with E-state index in [0.29, 0.717) is 13.2 Å². The van der Waals surface area contributed by atoms with Gasteiger partial charge in [-0.2, -0.15) is 0 Å². The van der Waals surface area contributed by atoms with E-state index in [-0.39, 0.29) is 126 Å². The van der Waals surface area contributed by atoms with Crippen molar-refractivity contribution in [3.05, 3.63) is 0 Å². The molecule has 9 atom stereocenters. The Kier molecular flexibility index (Phi) is 60.8. The second kappa shape index (κ2) is 53.2. The Labute approximate surface area is 409 Å². The zero-order valence-corrected chi connectivity index (χ0v) is 43.9. The third kappa shape index (κ3) is 84.2. The molecule has 15 N–H and O–H groups in total. The first-order chi connectivity index (χ1) is 31.6. The first-order valence-electron chi connectivity index (χ1n) is 21.9. The number of carbonyl (C=O) groups excluding carboxylic acids is 7. The molecule has 0 bridgehead atoms. The van der Waals surface area contributed by atoms with Gasteiger partial charge >= 0.3 is 0 Å². The van der Waals surface area contributed by atoms with Crippen molar-refractivity contribution < 1.29 is 92.6 Å². The van der Waals surface area contributed by atoms with Crippen molar-refractivity contribution in [3.8, 4) is 0 Å². The van der Waals surface area contributed by atoms with Gasteiger partial charge < -0.3 is 97.1 Å². The Morgan fingerprint density at radius 3 is 0.826 bits per heavy atom. The van der Waals surface area contributed by atoms with Crippen LogP contribution in [0.15, 0.2) is 0 Å². The average molecular weight is 1010 g/mol. The lowest BCUT2D eigenvalue weighted by Crippen LogP contribution is -2.45. The number of amides is 7. The highest BCUT2D eigenvalue weighted by Crippen LogP contribution is 2.06. The van der Waals surface area contributed by atoms with Crippen molar-refractivity contribution in [1.29, 1.82) is 0 Å². The summed E-state index contributed by atoms with van der Waals surface area (Å²) < 4.78 is 32.8. The van der Waals surface area contributed by atoms with Gasteiger partial charge in [0.25, 0.3) is 0 Å². The number of ether oxygens (including phenoxy) is 6. The van der Waals surface area contributed by atoms with Crippen LogP contribution in [0.25, 0.3) is 0 Å². The molecule has 414 valence electrons. The van der Waals surface area contributed by atoms with E-state index in [1.807, 2.05) is 6.92 Å². The zero-order chi connectivity index (χ0) is 55.8. The number of hydrogen-bond donors (Lipinski definition) is 11. The average Bonchev–Trinajstić information content (AvgIpc) is 3.21. The van der Waals surface area contributed by atoms with Crippen LogP contribution in [0.5, 0.6) is 0 Å². The molecule has 0 heterocycles. The Hall–Kier alpha value is -4.19. The van der Waals surface area contributed by atoms with Crippen LogP contribution < -0.4 is 28.3 Å². The van der Waals surface area contributed by atoms with Crippen LogP contribution in [-0.4, -0.2) is 230 Å². The molecule has 0 aliphatic heterocycles. The Morgan fingerprint density at radius 1 is 0.449 bits per heavy atom. The summed E-state index contributed by atoms with van der Waals surface area (Å²) in [5, 5.41) is 58.3. The van der Waals surface area contributed by atoms with Crippen molar-refractivity contribution in [1.82, 2.24) is 15.1 Å². The van der Waals surface area contributed by atoms with Gasteiger partial charge in [0.1, 0.15) is 0 Å². The second-order valence-corrected chi connectivity index (χ2v) is 15.5. The summed E-state index contributed by atoms with van der Waals surface area (Å²) in [6, 6.07) is 0. The lowest BCUT2D eigenvalue weighted by molar-refractivity contribution is -0.137. The minimum atomic E-state index is -0.626. The number of likely N-dealkylation sites (N-methyl/N-ethyl adjacent to an activating group) is 1. The van der Waals surface area contributed by atoms with Gasteiger partial charge in [0, 0.05) is 82.2 Å². The zero-order valence-electron chi connectivity index (χ0n) is 43.9. The summed E-state index contributed by atoms with van der Waals surface area (Å²) >= 11 is 0. The highest BCUT2D eigenvalue weighted by atomic mass is 16.6. The van der Waals surface area contributed by atoms with Gasteiger partial charge in [-0.1, -0.05) is 0 Å². The number of carbonyl (C=O) groups is 7. The maximum absolute atomic E-state index is 12.0. The van der Waals surface area contributed by atoms with E-state index in [4.69, 9.17) is 38.6 Å². The Bertz CT molecular complexity index is 1190. The molecule has 0 saturated carbocycles. The number of hydrogen-bond acceptors (Lipinski definition) is 19. The number of rotatable bonds is 27. The van der Waals surface area contributed by atoms with Crippen LogP contribution in [-0.2, 0) is 62.0 Å².